The molecule has 104 valence electrons. The van der Waals surface area contributed by atoms with E-state index in [2.05, 4.69) is 47.8 Å². The van der Waals surface area contributed by atoms with Crippen LogP contribution in [0.3, 0.4) is 0 Å². The Morgan fingerprint density at radius 3 is 2.55 bits per heavy atom. The van der Waals surface area contributed by atoms with E-state index in [0.29, 0.717) is 6.04 Å². The highest BCUT2D eigenvalue weighted by Gasteiger charge is 2.34. The van der Waals surface area contributed by atoms with Crippen LogP contribution in [-0.4, -0.2) is 6.04 Å². The monoisotopic (exact) mass is 265 g/mol. The molecule has 0 aliphatic heterocycles. The standard InChI is InChI=1S/C19H23N/c1-2-9-18-15(5-1)6-4-10-19(18)20-17-8-3-7-16(13-17)14-11-12-14/h1-2,4-6,9-10,14,16-17,20H,3,7-8,11-13H2. The number of anilines is 1. The van der Waals surface area contributed by atoms with Gasteiger partial charge in [0, 0.05) is 17.1 Å². The van der Waals surface area contributed by atoms with Crippen LogP contribution >= 0.6 is 0 Å². The Balaban J connectivity index is 1.54. The molecule has 1 nitrogen and oxygen atoms in total. The molecule has 2 aliphatic rings. The van der Waals surface area contributed by atoms with Crippen molar-refractivity contribution < 1.29 is 0 Å². The smallest absolute Gasteiger partial charge is 0.0422 e. The second kappa shape index (κ2) is 5.12. The molecule has 0 aromatic heterocycles. The summed E-state index contributed by atoms with van der Waals surface area (Å²) in [5.41, 5.74) is 1.32. The summed E-state index contributed by atoms with van der Waals surface area (Å²) in [7, 11) is 0. The van der Waals surface area contributed by atoms with Crippen molar-refractivity contribution in [2.45, 2.75) is 44.6 Å². The number of rotatable bonds is 3. The molecule has 4 rings (SSSR count). The van der Waals surface area contributed by atoms with Crippen LogP contribution < -0.4 is 5.32 Å². The second-order valence-electron chi connectivity index (χ2n) is 6.63. The third-order valence-corrected chi connectivity index (χ3v) is 5.15. The van der Waals surface area contributed by atoms with Gasteiger partial charge < -0.3 is 5.32 Å². The third kappa shape index (κ3) is 2.42. The minimum absolute atomic E-state index is 0.681. The first-order chi connectivity index (χ1) is 9.90. The van der Waals surface area contributed by atoms with Gasteiger partial charge in [0.2, 0.25) is 0 Å². The van der Waals surface area contributed by atoms with E-state index < -0.39 is 0 Å². The molecule has 1 N–H and O–H groups in total. The zero-order valence-electron chi connectivity index (χ0n) is 12.0. The Bertz CT molecular complexity index is 594. The molecule has 0 saturated heterocycles. The molecule has 2 saturated carbocycles. The van der Waals surface area contributed by atoms with Crippen molar-refractivity contribution in [3.05, 3.63) is 42.5 Å². The Kier molecular flexibility index (Phi) is 3.14. The van der Waals surface area contributed by atoms with Crippen LogP contribution in [0.15, 0.2) is 42.5 Å². The van der Waals surface area contributed by atoms with Crippen molar-refractivity contribution >= 4 is 16.5 Å². The molecule has 0 spiro atoms. The normalized spacial score (nSPS) is 26.6. The fraction of sp³-hybridized carbons (Fsp3) is 0.474. The van der Waals surface area contributed by atoms with Crippen molar-refractivity contribution in [3.63, 3.8) is 0 Å². The highest BCUT2D eigenvalue weighted by molar-refractivity contribution is 5.93. The predicted octanol–water partition coefficient (Wildman–Crippen LogP) is 5.22. The van der Waals surface area contributed by atoms with E-state index >= 15 is 0 Å². The predicted molar refractivity (Wildman–Crippen MR) is 86.0 cm³/mol. The van der Waals surface area contributed by atoms with E-state index in [0.717, 1.165) is 11.8 Å². The average molecular weight is 265 g/mol. The lowest BCUT2D eigenvalue weighted by molar-refractivity contribution is 0.303. The summed E-state index contributed by atoms with van der Waals surface area (Å²) < 4.78 is 0. The minimum atomic E-state index is 0.681. The van der Waals surface area contributed by atoms with Gasteiger partial charge in [-0.15, -0.1) is 0 Å². The maximum atomic E-state index is 3.84. The van der Waals surface area contributed by atoms with E-state index in [4.69, 9.17) is 0 Å². The largest absolute Gasteiger partial charge is 0.382 e. The number of nitrogens with one attached hydrogen (secondary N) is 1. The van der Waals surface area contributed by atoms with Gasteiger partial charge in [0.25, 0.3) is 0 Å². The number of hydrogen-bond acceptors (Lipinski definition) is 1. The molecule has 2 aromatic rings. The Morgan fingerprint density at radius 1 is 0.800 bits per heavy atom. The van der Waals surface area contributed by atoms with E-state index in [1.165, 1.54) is 55.0 Å². The molecule has 0 bridgehead atoms. The van der Waals surface area contributed by atoms with Crippen LogP contribution in [0.1, 0.15) is 38.5 Å². The molecule has 0 amide bonds. The van der Waals surface area contributed by atoms with Crippen molar-refractivity contribution in [3.8, 4) is 0 Å². The van der Waals surface area contributed by atoms with Gasteiger partial charge in [0.05, 0.1) is 0 Å². The van der Waals surface area contributed by atoms with Gasteiger partial charge in [0.15, 0.2) is 0 Å². The molecule has 1 heteroatoms. The number of hydrogen-bond donors (Lipinski definition) is 1. The fourth-order valence-electron chi connectivity index (χ4n) is 3.93. The number of fused-ring (bicyclic) bond motifs is 1. The van der Waals surface area contributed by atoms with Gasteiger partial charge in [0.1, 0.15) is 0 Å². The molecular weight excluding hydrogens is 242 g/mol. The van der Waals surface area contributed by atoms with Crippen LogP contribution in [0.5, 0.6) is 0 Å². The maximum absolute atomic E-state index is 3.84. The summed E-state index contributed by atoms with van der Waals surface area (Å²) in [5.74, 6) is 2.06. The summed E-state index contributed by atoms with van der Waals surface area (Å²) in [5, 5.41) is 6.54. The minimum Gasteiger partial charge on any atom is -0.382 e. The first kappa shape index (κ1) is 12.3. The molecule has 2 fully saturated rings. The van der Waals surface area contributed by atoms with Crippen LogP contribution in [0.2, 0.25) is 0 Å². The molecule has 2 aromatic carbocycles. The molecule has 0 heterocycles. The van der Waals surface area contributed by atoms with Gasteiger partial charge in [-0.3, -0.25) is 0 Å². The second-order valence-corrected chi connectivity index (χ2v) is 6.63. The average Bonchev–Trinajstić information content (AvgIpc) is 3.33. The summed E-state index contributed by atoms with van der Waals surface area (Å²) in [6.45, 7) is 0. The Morgan fingerprint density at radius 2 is 1.65 bits per heavy atom. The maximum Gasteiger partial charge on any atom is 0.0422 e. The third-order valence-electron chi connectivity index (χ3n) is 5.15. The lowest BCUT2D eigenvalue weighted by Gasteiger charge is -2.31. The van der Waals surface area contributed by atoms with Gasteiger partial charge in [-0.1, -0.05) is 49.2 Å². The highest BCUT2D eigenvalue weighted by atomic mass is 14.9. The van der Waals surface area contributed by atoms with Gasteiger partial charge in [-0.25, -0.2) is 0 Å². The zero-order chi connectivity index (χ0) is 13.4. The molecular formula is C19H23N. The summed E-state index contributed by atoms with van der Waals surface area (Å²) >= 11 is 0. The topological polar surface area (TPSA) is 12.0 Å². The van der Waals surface area contributed by atoms with Crippen LogP contribution in [0, 0.1) is 11.8 Å². The van der Waals surface area contributed by atoms with E-state index in [-0.39, 0.29) is 0 Å². The molecule has 20 heavy (non-hydrogen) atoms. The Hall–Kier alpha value is -1.50. The first-order valence-electron chi connectivity index (χ1n) is 8.14. The van der Waals surface area contributed by atoms with Crippen molar-refractivity contribution in [1.82, 2.24) is 0 Å². The van der Waals surface area contributed by atoms with Crippen LogP contribution in [0.4, 0.5) is 5.69 Å². The SMILES string of the molecule is c1ccc2c(NC3CCCC(C4CC4)C3)cccc2c1. The van der Waals surface area contributed by atoms with Crippen LogP contribution in [-0.2, 0) is 0 Å². The molecule has 2 unspecified atom stereocenters. The van der Waals surface area contributed by atoms with E-state index in [1.807, 2.05) is 0 Å². The summed E-state index contributed by atoms with van der Waals surface area (Å²) in [6, 6.07) is 16.0. The van der Waals surface area contributed by atoms with Crippen molar-refractivity contribution in [1.29, 1.82) is 0 Å². The fourth-order valence-corrected chi connectivity index (χ4v) is 3.93. The zero-order valence-corrected chi connectivity index (χ0v) is 12.0. The van der Waals surface area contributed by atoms with Gasteiger partial charge in [-0.2, -0.15) is 0 Å². The van der Waals surface area contributed by atoms with E-state index in [9.17, 15) is 0 Å². The molecule has 0 radical (unpaired) electrons. The summed E-state index contributed by atoms with van der Waals surface area (Å²) in [4.78, 5) is 0. The lowest BCUT2D eigenvalue weighted by atomic mass is 9.82. The number of benzene rings is 2. The lowest BCUT2D eigenvalue weighted by Crippen LogP contribution is -2.28. The van der Waals surface area contributed by atoms with Crippen molar-refractivity contribution in [2.75, 3.05) is 5.32 Å². The summed E-state index contributed by atoms with van der Waals surface area (Å²) in [6.07, 6.45) is 8.58. The molecule has 2 atom stereocenters. The van der Waals surface area contributed by atoms with Crippen LogP contribution in [0.25, 0.3) is 10.8 Å². The van der Waals surface area contributed by atoms with Crippen molar-refractivity contribution in [2.24, 2.45) is 11.8 Å². The quantitative estimate of drug-likeness (QED) is 0.802. The first-order valence-corrected chi connectivity index (χ1v) is 8.14. The Labute approximate surface area is 121 Å². The molecule has 2 aliphatic carbocycles. The van der Waals surface area contributed by atoms with Gasteiger partial charge >= 0.3 is 0 Å². The van der Waals surface area contributed by atoms with Gasteiger partial charge in [-0.05, 0) is 49.0 Å². The highest BCUT2D eigenvalue weighted by Crippen LogP contribution is 2.44. The van der Waals surface area contributed by atoms with E-state index in [1.54, 1.807) is 0 Å².